The smallest absolute Gasteiger partial charge is 0.402 e. The Balaban J connectivity index is 2.10. The maximum absolute atomic E-state index is 15.1. The molecule has 0 fully saturated rings. The zero-order valence-corrected chi connectivity index (χ0v) is 17.0. The lowest BCUT2D eigenvalue weighted by atomic mass is 9.66. The molecule has 0 saturated carbocycles. The second kappa shape index (κ2) is 10.6. The molecule has 3 aromatic rings. The Bertz CT molecular complexity index is 886. The van der Waals surface area contributed by atoms with Gasteiger partial charge in [0, 0.05) is 23.3 Å². The summed E-state index contributed by atoms with van der Waals surface area (Å²) < 4.78 is 50.1. The molecular weight excluding hydrogens is 404 g/mol. The first-order chi connectivity index (χ1) is 15.0. The zero-order chi connectivity index (χ0) is 22.3. The monoisotopic (exact) mass is 428 g/mol. The molecule has 3 nitrogen and oxygen atoms in total. The molecule has 0 atom stereocenters. The predicted molar refractivity (Wildman–Crippen MR) is 114 cm³/mol. The molecule has 0 aliphatic carbocycles. The number of rotatable bonds is 10. The van der Waals surface area contributed by atoms with Crippen LogP contribution in [-0.2, 0) is 10.1 Å². The van der Waals surface area contributed by atoms with Gasteiger partial charge in [-0.05, 0) is 31.0 Å². The molecule has 0 amide bonds. The summed E-state index contributed by atoms with van der Waals surface area (Å²) >= 11 is 0. The van der Waals surface area contributed by atoms with Crippen molar-refractivity contribution in [1.82, 2.24) is 0 Å². The van der Waals surface area contributed by atoms with Gasteiger partial charge in [0.05, 0.1) is 5.41 Å². The summed E-state index contributed by atoms with van der Waals surface area (Å²) in [7, 11) is -1.84. The van der Waals surface area contributed by atoms with E-state index in [9.17, 15) is 0 Å². The first kappa shape index (κ1) is 23.1. The van der Waals surface area contributed by atoms with Gasteiger partial charge in [-0.15, -0.1) is 0 Å². The Morgan fingerprint density at radius 2 is 1.06 bits per heavy atom. The van der Waals surface area contributed by atoms with Crippen molar-refractivity contribution in [2.24, 2.45) is 0 Å². The summed E-state index contributed by atoms with van der Waals surface area (Å²) in [5.41, 5.74) is -0.772. The molecule has 3 aromatic carbocycles. The molecule has 0 bridgehead atoms. The predicted octanol–water partition coefficient (Wildman–Crippen LogP) is 4.98. The van der Waals surface area contributed by atoms with Gasteiger partial charge in [-0.1, -0.05) is 67.4 Å². The zero-order valence-electron chi connectivity index (χ0n) is 17.0. The van der Waals surface area contributed by atoms with E-state index in [-0.39, 0.29) is 29.7 Å². The summed E-state index contributed by atoms with van der Waals surface area (Å²) in [5.74, 6) is -1.62. The second-order valence-corrected chi connectivity index (χ2v) is 7.35. The van der Waals surface area contributed by atoms with Crippen LogP contribution in [0.4, 0.5) is 13.2 Å². The highest BCUT2D eigenvalue weighted by Gasteiger charge is 2.41. The highest BCUT2D eigenvalue weighted by molar-refractivity contribution is 6.32. The number of hydrogen-bond donors (Lipinski definition) is 2. The SMILES string of the molecule is OB(O)OCCCCCC(c1ccccc1F)(c1ccccc1F)c1ccccc1F. The van der Waals surface area contributed by atoms with E-state index in [0.29, 0.717) is 19.3 Å². The molecule has 0 heterocycles. The number of benzene rings is 3. The third-order valence-corrected chi connectivity index (χ3v) is 5.46. The molecule has 0 aromatic heterocycles. The summed E-state index contributed by atoms with van der Waals surface area (Å²) in [6.45, 7) is 0.129. The number of halogens is 3. The quantitative estimate of drug-likeness (QED) is 0.272. The van der Waals surface area contributed by atoms with Crippen LogP contribution in [0.5, 0.6) is 0 Å². The Morgan fingerprint density at radius 3 is 1.45 bits per heavy atom. The van der Waals surface area contributed by atoms with Crippen LogP contribution in [-0.4, -0.2) is 24.0 Å². The van der Waals surface area contributed by atoms with Gasteiger partial charge in [-0.3, -0.25) is 0 Å². The van der Waals surface area contributed by atoms with Crippen LogP contribution in [0.2, 0.25) is 0 Å². The van der Waals surface area contributed by atoms with E-state index in [1.54, 1.807) is 54.6 Å². The van der Waals surface area contributed by atoms with Gasteiger partial charge in [-0.25, -0.2) is 13.2 Å². The van der Waals surface area contributed by atoms with Crippen LogP contribution in [0.25, 0.3) is 0 Å². The van der Waals surface area contributed by atoms with E-state index < -0.39 is 30.2 Å². The van der Waals surface area contributed by atoms with Crippen LogP contribution >= 0.6 is 0 Å². The Morgan fingerprint density at radius 1 is 0.645 bits per heavy atom. The van der Waals surface area contributed by atoms with Crippen LogP contribution in [0.15, 0.2) is 72.8 Å². The molecule has 7 heteroatoms. The Hall–Kier alpha value is -2.61. The van der Waals surface area contributed by atoms with Crippen LogP contribution < -0.4 is 0 Å². The van der Waals surface area contributed by atoms with Gasteiger partial charge >= 0.3 is 7.32 Å². The largest absolute Gasteiger partial charge is 0.633 e. The average Bonchev–Trinajstić information content (AvgIpc) is 2.75. The van der Waals surface area contributed by atoms with Crippen molar-refractivity contribution >= 4 is 7.32 Å². The third kappa shape index (κ3) is 5.18. The fourth-order valence-corrected chi connectivity index (χ4v) is 4.12. The molecule has 0 unspecified atom stereocenters. The van der Waals surface area contributed by atoms with Gasteiger partial charge in [0.25, 0.3) is 0 Å². The standard InChI is InChI=1S/C24H24BF3O3/c26-21-13-5-2-10-18(21)24(19-11-3-6-14-22(19)27,20-12-4-7-15-23(20)28)16-8-1-9-17-31-25(29)30/h2-7,10-15,29-30H,1,8-9,16-17H2. The summed E-state index contributed by atoms with van der Waals surface area (Å²) in [6.07, 6.45) is 1.85. The highest BCUT2D eigenvalue weighted by Crippen LogP contribution is 2.46. The molecule has 2 N–H and O–H groups in total. The van der Waals surface area contributed by atoms with Crippen molar-refractivity contribution in [3.8, 4) is 0 Å². The summed E-state index contributed by atoms with van der Waals surface area (Å²) in [5, 5.41) is 17.6. The summed E-state index contributed by atoms with van der Waals surface area (Å²) in [6, 6.07) is 18.2. The van der Waals surface area contributed by atoms with Gasteiger partial charge in [0.2, 0.25) is 0 Å². The van der Waals surface area contributed by atoms with E-state index in [4.69, 9.17) is 14.7 Å². The molecular formula is C24H24BF3O3. The lowest BCUT2D eigenvalue weighted by molar-refractivity contribution is 0.181. The van der Waals surface area contributed by atoms with Gasteiger partial charge in [-0.2, -0.15) is 0 Å². The first-order valence-electron chi connectivity index (χ1n) is 10.2. The number of hydrogen-bond acceptors (Lipinski definition) is 3. The van der Waals surface area contributed by atoms with Crippen molar-refractivity contribution in [2.45, 2.75) is 31.1 Å². The van der Waals surface area contributed by atoms with Crippen molar-refractivity contribution < 1.29 is 27.9 Å². The van der Waals surface area contributed by atoms with E-state index in [2.05, 4.69) is 0 Å². The van der Waals surface area contributed by atoms with Crippen molar-refractivity contribution in [3.05, 3.63) is 107 Å². The lowest BCUT2D eigenvalue weighted by Crippen LogP contribution is -2.33. The molecule has 0 spiro atoms. The molecule has 0 radical (unpaired) electrons. The second-order valence-electron chi connectivity index (χ2n) is 7.35. The van der Waals surface area contributed by atoms with Gasteiger partial charge < -0.3 is 14.7 Å². The van der Waals surface area contributed by atoms with Crippen LogP contribution in [0, 0.1) is 17.5 Å². The Labute approximate surface area is 180 Å². The maximum Gasteiger partial charge on any atom is 0.633 e. The van der Waals surface area contributed by atoms with E-state index in [0.717, 1.165) is 0 Å². The fourth-order valence-electron chi connectivity index (χ4n) is 4.12. The maximum atomic E-state index is 15.1. The third-order valence-electron chi connectivity index (χ3n) is 5.46. The average molecular weight is 428 g/mol. The molecule has 31 heavy (non-hydrogen) atoms. The van der Waals surface area contributed by atoms with E-state index in [1.165, 1.54) is 18.2 Å². The van der Waals surface area contributed by atoms with Crippen molar-refractivity contribution in [2.75, 3.05) is 6.61 Å². The first-order valence-corrected chi connectivity index (χ1v) is 10.2. The van der Waals surface area contributed by atoms with Crippen LogP contribution in [0.1, 0.15) is 42.4 Å². The molecule has 3 rings (SSSR count). The van der Waals surface area contributed by atoms with Crippen LogP contribution in [0.3, 0.4) is 0 Å². The number of unbranched alkanes of at least 4 members (excludes halogenated alkanes) is 2. The van der Waals surface area contributed by atoms with Crippen molar-refractivity contribution in [1.29, 1.82) is 0 Å². The fraction of sp³-hybridized carbons (Fsp3) is 0.250. The van der Waals surface area contributed by atoms with Gasteiger partial charge in [0.1, 0.15) is 17.5 Å². The van der Waals surface area contributed by atoms with Gasteiger partial charge in [0.15, 0.2) is 0 Å². The summed E-state index contributed by atoms with van der Waals surface area (Å²) in [4.78, 5) is 0. The molecule has 0 aliphatic heterocycles. The molecule has 0 aliphatic rings. The molecule has 0 saturated heterocycles. The van der Waals surface area contributed by atoms with Crippen molar-refractivity contribution in [3.63, 3.8) is 0 Å². The normalized spacial score (nSPS) is 11.5. The highest BCUT2D eigenvalue weighted by atomic mass is 19.1. The van der Waals surface area contributed by atoms with E-state index in [1.807, 2.05) is 0 Å². The minimum absolute atomic E-state index is 0.129. The Kier molecular flexibility index (Phi) is 7.90. The lowest BCUT2D eigenvalue weighted by Gasteiger charge is -2.37. The molecule has 162 valence electrons. The minimum atomic E-state index is -1.84. The van der Waals surface area contributed by atoms with E-state index >= 15 is 13.2 Å². The minimum Gasteiger partial charge on any atom is -0.402 e. The topological polar surface area (TPSA) is 49.7 Å².